The van der Waals surface area contributed by atoms with Gasteiger partial charge >= 0.3 is 0 Å². The molecule has 0 aromatic rings. The lowest BCUT2D eigenvalue weighted by Crippen LogP contribution is -2.55. The van der Waals surface area contributed by atoms with Gasteiger partial charge in [-0.05, 0) is 88.9 Å². The molecule has 2 unspecified atom stereocenters. The summed E-state index contributed by atoms with van der Waals surface area (Å²) in [6.07, 6.45) is 23.6. The Morgan fingerprint density at radius 2 is 1.24 bits per heavy atom. The molecule has 33 heavy (non-hydrogen) atoms. The Bertz CT molecular complexity index is 545. The van der Waals surface area contributed by atoms with Crippen LogP contribution in [0.25, 0.3) is 0 Å². The molecule has 0 saturated heterocycles. The second-order valence-electron chi connectivity index (χ2n) is 13.0. The molecule has 0 spiro atoms. The molecule has 4 saturated carbocycles. The highest BCUT2D eigenvalue weighted by atomic mass is 79.9. The first kappa shape index (κ1) is 29.3. The summed E-state index contributed by atoms with van der Waals surface area (Å²) in [5, 5.41) is 0. The zero-order valence-electron chi connectivity index (χ0n) is 22.5. The van der Waals surface area contributed by atoms with E-state index in [2.05, 4.69) is 27.7 Å². The van der Waals surface area contributed by atoms with E-state index < -0.39 is 0 Å². The Balaban J connectivity index is 0.00000385. The molecule has 2 N–H and O–H groups in total. The lowest BCUT2D eigenvalue weighted by atomic mass is 9.47. The molecule has 0 heterocycles. The molecular weight excluding hydrogens is 470 g/mol. The number of carbonyl (C=O) groups is 1. The van der Waals surface area contributed by atoms with Crippen LogP contribution < -0.4 is 5.73 Å². The maximum absolute atomic E-state index is 14.1. The van der Waals surface area contributed by atoms with E-state index in [1.54, 1.807) is 0 Å². The van der Waals surface area contributed by atoms with Gasteiger partial charge in [-0.1, -0.05) is 78.1 Å². The summed E-state index contributed by atoms with van der Waals surface area (Å²) in [4.78, 5) is 14.1. The summed E-state index contributed by atoms with van der Waals surface area (Å²) in [5.74, 6) is 3.67. The van der Waals surface area contributed by atoms with Gasteiger partial charge in [-0.2, -0.15) is 0 Å². The zero-order valence-corrected chi connectivity index (χ0v) is 24.2. The van der Waals surface area contributed by atoms with Gasteiger partial charge in [0.2, 0.25) is 0 Å². The predicted octanol–water partition coefficient (Wildman–Crippen LogP) is 9.04. The van der Waals surface area contributed by atoms with Crippen molar-refractivity contribution in [3.8, 4) is 0 Å². The van der Waals surface area contributed by atoms with Gasteiger partial charge in [0.1, 0.15) is 5.78 Å². The monoisotopic (exact) mass is 525 g/mol. The summed E-state index contributed by atoms with van der Waals surface area (Å²) < 4.78 is 0. The van der Waals surface area contributed by atoms with Crippen LogP contribution in [0.1, 0.15) is 143 Å². The molecule has 0 radical (unpaired) electrons. The highest BCUT2D eigenvalue weighted by Crippen LogP contribution is 2.61. The standard InChI is InChI=1S/C30H55NO.BrH/c1-5-7-8-9-10-11-12-13-14-15-16-27(29(3,4)31)26(6-2)28(32)30-20-23-17-24(21-30)19-25(18-23)22-30;/h23-27H,5-22,31H2,1-4H3;1H. The van der Waals surface area contributed by atoms with E-state index in [1.165, 1.54) is 103 Å². The third-order valence-corrected chi connectivity index (χ3v) is 9.65. The first-order valence-electron chi connectivity index (χ1n) is 14.6. The second kappa shape index (κ2) is 13.4. The predicted molar refractivity (Wildman–Crippen MR) is 148 cm³/mol. The molecule has 4 aliphatic rings. The molecule has 0 aromatic heterocycles. The van der Waals surface area contributed by atoms with Gasteiger partial charge in [-0.15, -0.1) is 17.0 Å². The van der Waals surface area contributed by atoms with Crippen molar-refractivity contribution in [2.75, 3.05) is 0 Å². The minimum Gasteiger partial charge on any atom is -0.325 e. The molecule has 194 valence electrons. The lowest BCUT2D eigenvalue weighted by Gasteiger charge is -2.57. The number of hydrogen-bond acceptors (Lipinski definition) is 2. The molecule has 4 bridgehead atoms. The van der Waals surface area contributed by atoms with Crippen LogP contribution in [-0.2, 0) is 4.79 Å². The van der Waals surface area contributed by atoms with Gasteiger partial charge in [-0.25, -0.2) is 0 Å². The fourth-order valence-corrected chi connectivity index (χ4v) is 8.40. The Morgan fingerprint density at radius 1 is 0.818 bits per heavy atom. The van der Waals surface area contributed by atoms with Gasteiger partial charge in [-0.3, -0.25) is 4.79 Å². The van der Waals surface area contributed by atoms with Crippen molar-refractivity contribution in [3.63, 3.8) is 0 Å². The van der Waals surface area contributed by atoms with E-state index >= 15 is 0 Å². The van der Waals surface area contributed by atoms with Crippen LogP contribution in [0, 0.1) is 35.0 Å². The second-order valence-corrected chi connectivity index (χ2v) is 13.0. The number of hydrogen-bond donors (Lipinski definition) is 1. The summed E-state index contributed by atoms with van der Waals surface area (Å²) in [6, 6.07) is 0. The number of Topliss-reactive ketones (excluding diaryl/α,β-unsaturated/α-hetero) is 1. The first-order valence-corrected chi connectivity index (χ1v) is 14.6. The van der Waals surface area contributed by atoms with Crippen molar-refractivity contribution in [2.45, 2.75) is 149 Å². The third kappa shape index (κ3) is 7.80. The van der Waals surface area contributed by atoms with Crippen LogP contribution in [0.4, 0.5) is 0 Å². The molecule has 0 aromatic carbocycles. The van der Waals surface area contributed by atoms with Crippen LogP contribution in [0.3, 0.4) is 0 Å². The lowest BCUT2D eigenvalue weighted by molar-refractivity contribution is -0.151. The smallest absolute Gasteiger partial charge is 0.142 e. The normalized spacial score (nSPS) is 30.2. The van der Waals surface area contributed by atoms with Crippen LogP contribution in [0.15, 0.2) is 0 Å². The zero-order chi connectivity index (χ0) is 23.2. The van der Waals surface area contributed by atoms with Gasteiger partial charge < -0.3 is 5.73 Å². The molecule has 4 aliphatic carbocycles. The Morgan fingerprint density at radius 3 is 1.64 bits per heavy atom. The van der Waals surface area contributed by atoms with Crippen molar-refractivity contribution in [1.29, 1.82) is 0 Å². The van der Waals surface area contributed by atoms with E-state index in [0.29, 0.717) is 11.7 Å². The molecular formula is C30H56BrNO. The Labute approximate surface area is 216 Å². The summed E-state index contributed by atoms with van der Waals surface area (Å²) in [6.45, 7) is 8.91. The van der Waals surface area contributed by atoms with Gasteiger partial charge in [0, 0.05) is 16.9 Å². The minimum absolute atomic E-state index is 0. The van der Waals surface area contributed by atoms with Crippen LogP contribution in [0.5, 0.6) is 0 Å². The van der Waals surface area contributed by atoms with Crippen molar-refractivity contribution in [1.82, 2.24) is 0 Å². The number of ketones is 1. The number of unbranched alkanes of at least 4 members (excludes halogenated alkanes) is 9. The maximum Gasteiger partial charge on any atom is 0.142 e. The van der Waals surface area contributed by atoms with Gasteiger partial charge in [0.15, 0.2) is 0 Å². The molecule has 4 rings (SSSR count). The molecule has 2 atom stereocenters. The molecule has 0 amide bonds. The SMILES string of the molecule is Br.CCCCCCCCCCCCC(C(CC)C(=O)C12CC3CC(CC(C3)C1)C2)C(C)(C)N. The number of carbonyl (C=O) groups excluding carboxylic acids is 1. The topological polar surface area (TPSA) is 43.1 Å². The highest BCUT2D eigenvalue weighted by Gasteiger charge is 2.56. The maximum atomic E-state index is 14.1. The number of halogens is 1. The van der Waals surface area contributed by atoms with Crippen molar-refractivity contribution >= 4 is 22.8 Å². The summed E-state index contributed by atoms with van der Waals surface area (Å²) in [7, 11) is 0. The first-order chi connectivity index (χ1) is 15.3. The van der Waals surface area contributed by atoms with Crippen molar-refractivity contribution in [3.05, 3.63) is 0 Å². The van der Waals surface area contributed by atoms with Gasteiger partial charge in [0.05, 0.1) is 0 Å². The molecule has 2 nitrogen and oxygen atoms in total. The number of nitrogens with two attached hydrogens (primary N) is 1. The van der Waals surface area contributed by atoms with E-state index in [4.69, 9.17) is 5.73 Å². The van der Waals surface area contributed by atoms with E-state index in [0.717, 1.165) is 30.6 Å². The third-order valence-electron chi connectivity index (χ3n) is 9.65. The number of rotatable bonds is 16. The Hall–Kier alpha value is 0.110. The van der Waals surface area contributed by atoms with Crippen molar-refractivity contribution < 1.29 is 4.79 Å². The van der Waals surface area contributed by atoms with Crippen LogP contribution in [-0.4, -0.2) is 11.3 Å². The highest BCUT2D eigenvalue weighted by molar-refractivity contribution is 8.93. The Kier molecular flexibility index (Phi) is 11.9. The average molecular weight is 527 g/mol. The van der Waals surface area contributed by atoms with E-state index in [9.17, 15) is 4.79 Å². The molecule has 0 aliphatic heterocycles. The summed E-state index contributed by atoms with van der Waals surface area (Å²) in [5.41, 5.74) is 6.51. The fraction of sp³-hybridized carbons (Fsp3) is 0.967. The quantitative estimate of drug-likeness (QED) is 0.204. The molecule has 3 heteroatoms. The average Bonchev–Trinajstić information content (AvgIpc) is 2.72. The van der Waals surface area contributed by atoms with Crippen LogP contribution >= 0.6 is 17.0 Å². The van der Waals surface area contributed by atoms with Crippen molar-refractivity contribution in [2.24, 2.45) is 40.7 Å². The fourth-order valence-electron chi connectivity index (χ4n) is 8.40. The minimum atomic E-state index is -0.266. The van der Waals surface area contributed by atoms with Gasteiger partial charge in [0.25, 0.3) is 0 Å². The van der Waals surface area contributed by atoms with E-state index in [-0.39, 0.29) is 33.9 Å². The summed E-state index contributed by atoms with van der Waals surface area (Å²) >= 11 is 0. The van der Waals surface area contributed by atoms with E-state index in [1.807, 2.05) is 0 Å². The van der Waals surface area contributed by atoms with Crippen LogP contribution in [0.2, 0.25) is 0 Å². The largest absolute Gasteiger partial charge is 0.325 e. The molecule has 4 fully saturated rings.